The zero-order valence-corrected chi connectivity index (χ0v) is 7.05. The van der Waals surface area contributed by atoms with Crippen LogP contribution in [0.4, 0.5) is 0 Å². The van der Waals surface area contributed by atoms with Crippen molar-refractivity contribution >= 4 is 0 Å². The highest BCUT2D eigenvalue weighted by molar-refractivity contribution is 5.08. The van der Waals surface area contributed by atoms with Gasteiger partial charge in [0.2, 0.25) is 0 Å². The van der Waals surface area contributed by atoms with Crippen molar-refractivity contribution in [2.75, 3.05) is 6.54 Å². The maximum atomic E-state index is 5.77. The number of nitrogens with two attached hydrogens (primary N) is 1. The van der Waals surface area contributed by atoms with E-state index < -0.39 is 0 Å². The van der Waals surface area contributed by atoms with Gasteiger partial charge in [-0.3, -0.25) is 0 Å². The van der Waals surface area contributed by atoms with E-state index in [0.29, 0.717) is 5.41 Å². The van der Waals surface area contributed by atoms with Gasteiger partial charge < -0.3 is 5.73 Å². The highest BCUT2D eigenvalue weighted by Gasteiger charge is 2.46. The zero-order chi connectivity index (χ0) is 7.73. The molecule has 0 aromatic heterocycles. The lowest BCUT2D eigenvalue weighted by Crippen LogP contribution is -2.24. The minimum atomic E-state index is 0.552. The summed E-state index contributed by atoms with van der Waals surface area (Å²) in [6.07, 6.45) is 11.5. The largest absolute Gasteiger partial charge is 0.330 e. The molecule has 2 rings (SSSR count). The standard InChI is InChI=1S/C10H17N/c11-8-10(6-7-10)9-4-2-1-3-5-9/h2,4,9H,1,3,5-8,11H2. The summed E-state index contributed by atoms with van der Waals surface area (Å²) in [6.45, 7) is 0.905. The molecule has 0 amide bonds. The van der Waals surface area contributed by atoms with Crippen LogP contribution in [0, 0.1) is 11.3 Å². The lowest BCUT2D eigenvalue weighted by atomic mass is 9.82. The van der Waals surface area contributed by atoms with Gasteiger partial charge in [-0.25, -0.2) is 0 Å². The summed E-state index contributed by atoms with van der Waals surface area (Å²) in [5.74, 6) is 0.821. The molecule has 1 saturated carbocycles. The predicted octanol–water partition coefficient (Wildman–Crippen LogP) is 2.08. The molecule has 0 aromatic rings. The molecule has 0 saturated heterocycles. The lowest BCUT2D eigenvalue weighted by Gasteiger charge is -2.24. The van der Waals surface area contributed by atoms with Crippen LogP contribution in [0.2, 0.25) is 0 Å². The van der Waals surface area contributed by atoms with Gasteiger partial charge in [-0.2, -0.15) is 0 Å². The number of allylic oxidation sites excluding steroid dienone is 2. The van der Waals surface area contributed by atoms with Crippen LogP contribution in [0.15, 0.2) is 12.2 Å². The molecular formula is C10H17N. The van der Waals surface area contributed by atoms with Crippen LogP contribution in [0.3, 0.4) is 0 Å². The maximum absolute atomic E-state index is 5.77. The molecule has 2 aliphatic rings. The molecule has 0 bridgehead atoms. The van der Waals surface area contributed by atoms with Crippen molar-refractivity contribution in [2.45, 2.75) is 32.1 Å². The average Bonchev–Trinajstić information content (AvgIpc) is 2.86. The summed E-state index contributed by atoms with van der Waals surface area (Å²) in [7, 11) is 0. The zero-order valence-electron chi connectivity index (χ0n) is 7.05. The molecule has 0 radical (unpaired) electrons. The SMILES string of the molecule is NCC1(C2C=CCCC2)CC1. The van der Waals surface area contributed by atoms with Crippen LogP contribution in [0.25, 0.3) is 0 Å². The quantitative estimate of drug-likeness (QED) is 0.601. The van der Waals surface area contributed by atoms with Crippen molar-refractivity contribution in [3.8, 4) is 0 Å². The van der Waals surface area contributed by atoms with Crippen LogP contribution in [-0.2, 0) is 0 Å². The Labute approximate surface area is 68.7 Å². The summed E-state index contributed by atoms with van der Waals surface area (Å²) in [5, 5.41) is 0. The van der Waals surface area contributed by atoms with E-state index in [1.165, 1.54) is 32.1 Å². The minimum Gasteiger partial charge on any atom is -0.330 e. The van der Waals surface area contributed by atoms with Gasteiger partial charge in [-0.05, 0) is 50.0 Å². The van der Waals surface area contributed by atoms with E-state index >= 15 is 0 Å². The second-order valence-electron chi connectivity index (χ2n) is 4.03. The minimum absolute atomic E-state index is 0.552. The second-order valence-corrected chi connectivity index (χ2v) is 4.03. The molecule has 0 aliphatic heterocycles. The van der Waals surface area contributed by atoms with Crippen molar-refractivity contribution in [3.63, 3.8) is 0 Å². The molecule has 2 N–H and O–H groups in total. The number of rotatable bonds is 2. The van der Waals surface area contributed by atoms with E-state index in [-0.39, 0.29) is 0 Å². The van der Waals surface area contributed by atoms with E-state index in [2.05, 4.69) is 12.2 Å². The number of hydrogen-bond donors (Lipinski definition) is 1. The third-order valence-electron chi connectivity index (χ3n) is 3.34. The Kier molecular flexibility index (Phi) is 1.76. The molecule has 0 heterocycles. The van der Waals surface area contributed by atoms with E-state index in [9.17, 15) is 0 Å². The van der Waals surface area contributed by atoms with E-state index in [0.717, 1.165) is 12.5 Å². The fourth-order valence-electron chi connectivity index (χ4n) is 2.21. The first-order valence-electron chi connectivity index (χ1n) is 4.74. The summed E-state index contributed by atoms with van der Waals surface area (Å²) in [4.78, 5) is 0. The molecule has 1 nitrogen and oxygen atoms in total. The summed E-state index contributed by atoms with van der Waals surface area (Å²) >= 11 is 0. The Bertz CT molecular complexity index is 168. The van der Waals surface area contributed by atoms with Gasteiger partial charge in [0.15, 0.2) is 0 Å². The van der Waals surface area contributed by atoms with Gasteiger partial charge in [0.25, 0.3) is 0 Å². The molecule has 1 fully saturated rings. The monoisotopic (exact) mass is 151 g/mol. The maximum Gasteiger partial charge on any atom is -0.00149 e. The average molecular weight is 151 g/mol. The van der Waals surface area contributed by atoms with Crippen LogP contribution >= 0.6 is 0 Å². The van der Waals surface area contributed by atoms with Gasteiger partial charge in [0.05, 0.1) is 0 Å². The smallest absolute Gasteiger partial charge is 0.00149 e. The van der Waals surface area contributed by atoms with Crippen LogP contribution in [-0.4, -0.2) is 6.54 Å². The molecule has 62 valence electrons. The molecule has 1 atom stereocenters. The van der Waals surface area contributed by atoms with Crippen molar-refractivity contribution in [1.29, 1.82) is 0 Å². The van der Waals surface area contributed by atoms with E-state index in [1.807, 2.05) is 0 Å². The van der Waals surface area contributed by atoms with Crippen molar-refractivity contribution < 1.29 is 0 Å². The molecule has 11 heavy (non-hydrogen) atoms. The fourth-order valence-corrected chi connectivity index (χ4v) is 2.21. The van der Waals surface area contributed by atoms with Gasteiger partial charge in [0.1, 0.15) is 0 Å². The third kappa shape index (κ3) is 1.22. The van der Waals surface area contributed by atoms with E-state index in [1.54, 1.807) is 0 Å². The summed E-state index contributed by atoms with van der Waals surface area (Å²) in [6, 6.07) is 0. The molecule has 1 heteroatoms. The second kappa shape index (κ2) is 2.63. The highest BCUT2D eigenvalue weighted by Crippen LogP contribution is 2.53. The van der Waals surface area contributed by atoms with Gasteiger partial charge in [0, 0.05) is 0 Å². The first-order chi connectivity index (χ1) is 5.37. The Balaban J connectivity index is 2.03. The fraction of sp³-hybridized carbons (Fsp3) is 0.800. The number of hydrogen-bond acceptors (Lipinski definition) is 1. The van der Waals surface area contributed by atoms with Crippen molar-refractivity contribution in [1.82, 2.24) is 0 Å². The molecule has 0 aromatic carbocycles. The molecular weight excluding hydrogens is 134 g/mol. The van der Waals surface area contributed by atoms with Crippen LogP contribution in [0.5, 0.6) is 0 Å². The third-order valence-corrected chi connectivity index (χ3v) is 3.34. The van der Waals surface area contributed by atoms with Crippen molar-refractivity contribution in [3.05, 3.63) is 12.2 Å². The van der Waals surface area contributed by atoms with E-state index in [4.69, 9.17) is 5.73 Å². The Morgan fingerprint density at radius 3 is 2.73 bits per heavy atom. The summed E-state index contributed by atoms with van der Waals surface area (Å²) < 4.78 is 0. The normalized spacial score (nSPS) is 33.7. The molecule has 1 unspecified atom stereocenters. The van der Waals surface area contributed by atoms with Gasteiger partial charge >= 0.3 is 0 Å². The summed E-state index contributed by atoms with van der Waals surface area (Å²) in [5.41, 5.74) is 6.32. The first-order valence-corrected chi connectivity index (χ1v) is 4.74. The van der Waals surface area contributed by atoms with Crippen LogP contribution in [0.1, 0.15) is 32.1 Å². The highest BCUT2D eigenvalue weighted by atomic mass is 14.7. The van der Waals surface area contributed by atoms with Crippen molar-refractivity contribution in [2.24, 2.45) is 17.1 Å². The predicted molar refractivity (Wildman–Crippen MR) is 47.2 cm³/mol. The van der Waals surface area contributed by atoms with Gasteiger partial charge in [-0.1, -0.05) is 12.2 Å². The van der Waals surface area contributed by atoms with Crippen LogP contribution < -0.4 is 5.73 Å². The Hall–Kier alpha value is -0.300. The van der Waals surface area contributed by atoms with Gasteiger partial charge in [-0.15, -0.1) is 0 Å². The Morgan fingerprint density at radius 1 is 1.45 bits per heavy atom. The first kappa shape index (κ1) is 7.35. The Morgan fingerprint density at radius 2 is 2.27 bits per heavy atom. The molecule has 0 spiro atoms. The topological polar surface area (TPSA) is 26.0 Å². The lowest BCUT2D eigenvalue weighted by molar-refractivity contribution is 0.342. The molecule has 2 aliphatic carbocycles.